The van der Waals surface area contributed by atoms with E-state index in [1.54, 1.807) is 7.11 Å². The highest BCUT2D eigenvalue weighted by Gasteiger charge is 2.14. The highest BCUT2D eigenvalue weighted by Crippen LogP contribution is 1.99. The van der Waals surface area contributed by atoms with Gasteiger partial charge in [-0.05, 0) is 13.5 Å². The molecule has 0 aliphatic rings. The van der Waals surface area contributed by atoms with E-state index in [-0.39, 0.29) is 18.4 Å². The molecular weight excluding hydrogens is 182 g/mol. The Morgan fingerprint density at radius 1 is 1.36 bits per heavy atom. The Hall–Kier alpha value is -0.450. The summed E-state index contributed by atoms with van der Waals surface area (Å²) in [4.78, 5) is 13.4. The van der Waals surface area contributed by atoms with Crippen LogP contribution in [0.1, 0.15) is 13.8 Å². The number of carbonyl (C=O) groups excluding carboxylic acids is 1. The number of ether oxygens (including phenoxy) is 2. The van der Waals surface area contributed by atoms with Crippen molar-refractivity contribution in [3.63, 3.8) is 0 Å². The van der Waals surface area contributed by atoms with E-state index in [9.17, 15) is 4.79 Å². The molecule has 0 N–H and O–H groups in total. The lowest BCUT2D eigenvalue weighted by molar-refractivity contribution is -0.124. The van der Waals surface area contributed by atoms with Crippen molar-refractivity contribution in [1.82, 2.24) is 4.90 Å². The summed E-state index contributed by atoms with van der Waals surface area (Å²) in [5.41, 5.74) is 0. The molecule has 1 unspecified atom stereocenters. The van der Waals surface area contributed by atoms with Gasteiger partial charge in [0.25, 0.3) is 0 Å². The maximum Gasteiger partial charge on any atom is 0.172 e. The lowest BCUT2D eigenvalue weighted by Crippen LogP contribution is -2.40. The summed E-state index contributed by atoms with van der Waals surface area (Å²) in [6.45, 7) is 6.21. The van der Waals surface area contributed by atoms with E-state index in [0.717, 1.165) is 6.54 Å². The molecule has 0 aromatic carbocycles. The normalized spacial score (nSPS) is 13.2. The van der Waals surface area contributed by atoms with Gasteiger partial charge >= 0.3 is 0 Å². The molecule has 0 amide bonds. The maximum absolute atomic E-state index is 11.3. The Bertz CT molecular complexity index is 161. The molecule has 0 fully saturated rings. The molecule has 0 saturated carbocycles. The first kappa shape index (κ1) is 13.5. The quantitative estimate of drug-likeness (QED) is 0.578. The first-order valence-corrected chi connectivity index (χ1v) is 4.89. The monoisotopic (exact) mass is 203 g/mol. The maximum atomic E-state index is 11.3. The highest BCUT2D eigenvalue weighted by molar-refractivity contribution is 5.81. The van der Waals surface area contributed by atoms with Gasteiger partial charge in [-0.3, -0.25) is 9.69 Å². The molecule has 0 aliphatic heterocycles. The smallest absolute Gasteiger partial charge is 0.172 e. The molecule has 4 heteroatoms. The van der Waals surface area contributed by atoms with Gasteiger partial charge in [-0.25, -0.2) is 0 Å². The summed E-state index contributed by atoms with van der Waals surface area (Å²) in [7, 11) is 3.20. The molecule has 84 valence electrons. The molecule has 0 aromatic rings. The average molecular weight is 203 g/mol. The molecule has 0 saturated heterocycles. The van der Waals surface area contributed by atoms with E-state index in [0.29, 0.717) is 13.2 Å². The minimum atomic E-state index is 0.109. The van der Waals surface area contributed by atoms with Crippen LogP contribution in [-0.2, 0) is 14.3 Å². The molecule has 4 nitrogen and oxygen atoms in total. The van der Waals surface area contributed by atoms with Crippen LogP contribution in [0.15, 0.2) is 0 Å². The van der Waals surface area contributed by atoms with Crippen molar-refractivity contribution < 1.29 is 14.3 Å². The first-order valence-electron chi connectivity index (χ1n) is 4.89. The van der Waals surface area contributed by atoms with Crippen LogP contribution in [0.25, 0.3) is 0 Å². The molecule has 14 heavy (non-hydrogen) atoms. The lowest BCUT2D eigenvalue weighted by Gasteiger charge is -2.26. The van der Waals surface area contributed by atoms with Crippen LogP contribution < -0.4 is 0 Å². The predicted octanol–water partition coefficient (Wildman–Crippen LogP) is 0.559. The van der Waals surface area contributed by atoms with Crippen molar-refractivity contribution in [3.8, 4) is 0 Å². The minimum absolute atomic E-state index is 0.109. The van der Waals surface area contributed by atoms with Crippen molar-refractivity contribution in [1.29, 1.82) is 0 Å². The third-order valence-electron chi connectivity index (χ3n) is 2.12. The standard InChI is InChI=1S/C10H21NO3/c1-5-11(9(2)7-13-3)6-10(12)8-14-4/h9H,5-8H2,1-4H3. The summed E-state index contributed by atoms with van der Waals surface area (Å²) < 4.78 is 9.82. The number of ketones is 1. The first-order chi connectivity index (χ1) is 6.65. The zero-order valence-corrected chi connectivity index (χ0v) is 9.58. The van der Waals surface area contributed by atoms with E-state index in [1.165, 1.54) is 7.11 Å². The zero-order valence-electron chi connectivity index (χ0n) is 9.58. The van der Waals surface area contributed by atoms with Crippen LogP contribution in [0.2, 0.25) is 0 Å². The average Bonchev–Trinajstić information content (AvgIpc) is 2.15. The van der Waals surface area contributed by atoms with Gasteiger partial charge in [-0.2, -0.15) is 0 Å². The van der Waals surface area contributed by atoms with Gasteiger partial charge in [-0.15, -0.1) is 0 Å². The largest absolute Gasteiger partial charge is 0.383 e. The molecule has 0 bridgehead atoms. The van der Waals surface area contributed by atoms with E-state index >= 15 is 0 Å². The Morgan fingerprint density at radius 3 is 2.43 bits per heavy atom. The summed E-state index contributed by atoms with van der Waals surface area (Å²) >= 11 is 0. The Kier molecular flexibility index (Phi) is 7.65. The van der Waals surface area contributed by atoms with Crippen LogP contribution in [0, 0.1) is 0 Å². The number of likely N-dealkylation sites (N-methyl/N-ethyl adjacent to an activating group) is 1. The number of Topliss-reactive ketones (excluding diaryl/α,β-unsaturated/α-hetero) is 1. The summed E-state index contributed by atoms with van der Waals surface area (Å²) in [5, 5.41) is 0. The van der Waals surface area contributed by atoms with Gasteiger partial charge in [-0.1, -0.05) is 6.92 Å². The lowest BCUT2D eigenvalue weighted by atomic mass is 10.2. The third kappa shape index (κ3) is 5.32. The Labute approximate surface area is 86.2 Å². The molecule has 0 rings (SSSR count). The van der Waals surface area contributed by atoms with Crippen molar-refractivity contribution in [2.24, 2.45) is 0 Å². The second-order valence-electron chi connectivity index (χ2n) is 3.34. The summed E-state index contributed by atoms with van der Waals surface area (Å²) in [5.74, 6) is 0.109. The number of hydrogen-bond donors (Lipinski definition) is 0. The second kappa shape index (κ2) is 7.91. The van der Waals surface area contributed by atoms with Crippen LogP contribution >= 0.6 is 0 Å². The topological polar surface area (TPSA) is 38.8 Å². The molecule has 0 spiro atoms. The van der Waals surface area contributed by atoms with Gasteiger partial charge < -0.3 is 9.47 Å². The second-order valence-corrected chi connectivity index (χ2v) is 3.34. The van der Waals surface area contributed by atoms with Crippen molar-refractivity contribution in [3.05, 3.63) is 0 Å². The van der Waals surface area contributed by atoms with Gasteiger partial charge in [0.1, 0.15) is 6.61 Å². The van der Waals surface area contributed by atoms with Gasteiger partial charge in [0.05, 0.1) is 13.2 Å². The molecule has 1 atom stereocenters. The minimum Gasteiger partial charge on any atom is -0.383 e. The molecule has 0 heterocycles. The fourth-order valence-corrected chi connectivity index (χ4v) is 1.36. The molecular formula is C10H21NO3. The van der Waals surface area contributed by atoms with Crippen molar-refractivity contribution in [2.45, 2.75) is 19.9 Å². The number of methoxy groups -OCH3 is 2. The third-order valence-corrected chi connectivity index (χ3v) is 2.12. The Balaban J connectivity index is 3.94. The molecule has 0 aromatic heterocycles. The fraction of sp³-hybridized carbons (Fsp3) is 0.900. The summed E-state index contributed by atoms with van der Waals surface area (Å²) in [6.07, 6.45) is 0. The molecule has 0 aliphatic carbocycles. The van der Waals surface area contributed by atoms with Gasteiger partial charge in [0, 0.05) is 20.3 Å². The van der Waals surface area contributed by atoms with Crippen LogP contribution in [-0.4, -0.2) is 57.2 Å². The van der Waals surface area contributed by atoms with E-state index in [4.69, 9.17) is 9.47 Å². The summed E-state index contributed by atoms with van der Waals surface area (Å²) in [6, 6.07) is 0.269. The van der Waals surface area contributed by atoms with E-state index in [1.807, 2.05) is 13.8 Å². The van der Waals surface area contributed by atoms with E-state index in [2.05, 4.69) is 4.90 Å². The van der Waals surface area contributed by atoms with Crippen molar-refractivity contribution in [2.75, 3.05) is 40.5 Å². The van der Waals surface area contributed by atoms with Gasteiger partial charge in [0.15, 0.2) is 5.78 Å². The Morgan fingerprint density at radius 2 is 2.00 bits per heavy atom. The number of nitrogens with zero attached hydrogens (tertiary/aromatic N) is 1. The SMILES string of the molecule is CCN(CC(=O)COC)C(C)COC. The fourth-order valence-electron chi connectivity index (χ4n) is 1.36. The van der Waals surface area contributed by atoms with Crippen LogP contribution in [0.5, 0.6) is 0 Å². The highest BCUT2D eigenvalue weighted by atomic mass is 16.5. The van der Waals surface area contributed by atoms with Crippen LogP contribution in [0.4, 0.5) is 0 Å². The van der Waals surface area contributed by atoms with Gasteiger partial charge in [0.2, 0.25) is 0 Å². The number of rotatable bonds is 8. The zero-order chi connectivity index (χ0) is 11.0. The number of carbonyl (C=O) groups is 1. The van der Waals surface area contributed by atoms with E-state index < -0.39 is 0 Å². The number of hydrogen-bond acceptors (Lipinski definition) is 4. The predicted molar refractivity (Wildman–Crippen MR) is 55.5 cm³/mol. The molecule has 0 radical (unpaired) electrons. The van der Waals surface area contributed by atoms with Crippen molar-refractivity contribution >= 4 is 5.78 Å². The van der Waals surface area contributed by atoms with Crippen LogP contribution in [0.3, 0.4) is 0 Å².